The Labute approximate surface area is 205 Å². The van der Waals surface area contributed by atoms with Crippen molar-refractivity contribution in [2.24, 2.45) is 0 Å². The van der Waals surface area contributed by atoms with Crippen LogP contribution in [0.25, 0.3) is 22.0 Å². The van der Waals surface area contributed by atoms with Crippen LogP contribution >= 0.6 is 23.2 Å². The van der Waals surface area contributed by atoms with E-state index >= 15 is 0 Å². The summed E-state index contributed by atoms with van der Waals surface area (Å²) in [5, 5.41) is 20.3. The average molecular weight is 482 g/mol. The second-order valence-electron chi connectivity index (χ2n) is 8.79. The van der Waals surface area contributed by atoms with Crippen LogP contribution in [0.4, 0.5) is 11.4 Å². The fraction of sp³-hybridized carbons (Fsp3) is 0.222. The molecule has 0 atom stereocenters. The first-order chi connectivity index (χ1) is 15.2. The zero-order valence-electron chi connectivity index (χ0n) is 18.2. The van der Waals surface area contributed by atoms with E-state index in [-0.39, 0.29) is 18.7 Å². The van der Waals surface area contributed by atoms with Crippen molar-refractivity contribution in [2.45, 2.75) is 40.3 Å². The Morgan fingerprint density at radius 2 is 1.61 bits per heavy atom. The summed E-state index contributed by atoms with van der Waals surface area (Å²) in [5.41, 5.74) is 4.93. The quantitative estimate of drug-likeness (QED) is 0.251. The monoisotopic (exact) mass is 481 g/mol. The molecule has 1 aromatic heterocycles. The van der Waals surface area contributed by atoms with Crippen LogP contribution in [0.1, 0.15) is 33.8 Å². The third kappa shape index (κ3) is 5.97. The Morgan fingerprint density at radius 1 is 0.909 bits per heavy atom. The summed E-state index contributed by atoms with van der Waals surface area (Å²) in [4.78, 5) is 4.42. The van der Waals surface area contributed by atoms with Crippen molar-refractivity contribution >= 4 is 45.5 Å². The van der Waals surface area contributed by atoms with Crippen LogP contribution in [0.2, 0.25) is 10.0 Å². The average Bonchev–Trinajstić information content (AvgIpc) is 2.74. The predicted molar refractivity (Wildman–Crippen MR) is 142 cm³/mol. The molecule has 0 fully saturated rings. The molecule has 33 heavy (non-hydrogen) atoms. The van der Waals surface area contributed by atoms with Crippen molar-refractivity contribution < 1.29 is 5.11 Å². The standard InChI is InChI=1S/C26H25Cl2N3O.CH4/c1-26(2,3)30-15-17-12-20(14-22(25(17)32)16-4-6-18(27)7-5-16)31-23-10-11-29-24-13-19(28)8-9-21(23)24;/h4-14,30,32H,15H2,1-3H3,(H,29,31);1H4. The Balaban J connectivity index is 0.00000306. The maximum absolute atomic E-state index is 11.1. The van der Waals surface area contributed by atoms with Crippen LogP contribution in [0, 0.1) is 0 Å². The SMILES string of the molecule is C.CC(C)(C)NCc1cc(Nc2ccnc3cc(Cl)ccc23)cc(-c2ccc(Cl)cc2)c1O. The highest BCUT2D eigenvalue weighted by Crippen LogP contribution is 2.38. The number of aromatic nitrogens is 1. The molecule has 0 saturated heterocycles. The minimum absolute atomic E-state index is 0. The lowest BCUT2D eigenvalue weighted by molar-refractivity contribution is 0.412. The van der Waals surface area contributed by atoms with Gasteiger partial charge in [0.1, 0.15) is 5.75 Å². The van der Waals surface area contributed by atoms with Crippen molar-refractivity contribution in [3.05, 3.63) is 82.5 Å². The first-order valence-electron chi connectivity index (χ1n) is 10.4. The zero-order chi connectivity index (χ0) is 22.9. The lowest BCUT2D eigenvalue weighted by Gasteiger charge is -2.22. The third-order valence-corrected chi connectivity index (χ3v) is 5.62. The predicted octanol–water partition coefficient (Wildman–Crippen LogP) is 8.18. The normalized spacial score (nSPS) is 11.3. The number of nitrogens with one attached hydrogen (secondary N) is 2. The Bertz CT molecular complexity index is 1270. The molecular weight excluding hydrogens is 453 g/mol. The highest BCUT2D eigenvalue weighted by molar-refractivity contribution is 6.31. The highest BCUT2D eigenvalue weighted by atomic mass is 35.5. The molecule has 4 aromatic rings. The van der Waals surface area contributed by atoms with Crippen molar-refractivity contribution in [2.75, 3.05) is 5.32 Å². The van der Waals surface area contributed by atoms with Gasteiger partial charge in [0.2, 0.25) is 0 Å². The number of rotatable bonds is 5. The first kappa shape index (κ1) is 24.8. The molecule has 4 rings (SSSR count). The number of hydrogen-bond donors (Lipinski definition) is 3. The molecule has 0 saturated carbocycles. The van der Waals surface area contributed by atoms with Gasteiger partial charge in [-0.2, -0.15) is 0 Å². The lowest BCUT2D eigenvalue weighted by Crippen LogP contribution is -2.35. The van der Waals surface area contributed by atoms with Gasteiger partial charge < -0.3 is 15.7 Å². The van der Waals surface area contributed by atoms with E-state index < -0.39 is 0 Å². The van der Waals surface area contributed by atoms with Gasteiger partial charge >= 0.3 is 0 Å². The van der Waals surface area contributed by atoms with E-state index in [1.165, 1.54) is 0 Å². The summed E-state index contributed by atoms with van der Waals surface area (Å²) in [6.45, 7) is 6.82. The van der Waals surface area contributed by atoms with Crippen LogP contribution < -0.4 is 10.6 Å². The molecule has 0 amide bonds. The number of pyridine rings is 1. The number of benzene rings is 3. The molecule has 0 bridgehead atoms. The second kappa shape index (κ2) is 10.0. The molecule has 3 N–H and O–H groups in total. The molecule has 0 aliphatic heterocycles. The van der Waals surface area contributed by atoms with Crippen LogP contribution in [0.15, 0.2) is 66.9 Å². The minimum atomic E-state index is -0.0864. The van der Waals surface area contributed by atoms with Gasteiger partial charge in [0, 0.05) is 56.2 Å². The van der Waals surface area contributed by atoms with E-state index in [2.05, 4.69) is 36.4 Å². The van der Waals surface area contributed by atoms with E-state index in [1.807, 2.05) is 60.7 Å². The van der Waals surface area contributed by atoms with Gasteiger partial charge in [-0.05, 0) is 74.9 Å². The van der Waals surface area contributed by atoms with Crippen molar-refractivity contribution in [3.63, 3.8) is 0 Å². The van der Waals surface area contributed by atoms with E-state index in [0.717, 1.165) is 39.0 Å². The van der Waals surface area contributed by atoms with Gasteiger partial charge in [0.05, 0.1) is 5.52 Å². The maximum Gasteiger partial charge on any atom is 0.128 e. The van der Waals surface area contributed by atoms with Gasteiger partial charge in [0.25, 0.3) is 0 Å². The lowest BCUT2D eigenvalue weighted by atomic mass is 9.99. The van der Waals surface area contributed by atoms with E-state index in [4.69, 9.17) is 23.2 Å². The molecule has 4 nitrogen and oxygen atoms in total. The molecule has 0 radical (unpaired) electrons. The summed E-state index contributed by atoms with van der Waals surface area (Å²) < 4.78 is 0. The zero-order valence-corrected chi connectivity index (χ0v) is 19.7. The van der Waals surface area contributed by atoms with E-state index in [9.17, 15) is 5.11 Å². The number of halogens is 2. The van der Waals surface area contributed by atoms with Crippen molar-refractivity contribution in [1.29, 1.82) is 0 Å². The number of phenols is 1. The molecule has 0 aliphatic carbocycles. The van der Waals surface area contributed by atoms with Gasteiger partial charge in [0.15, 0.2) is 0 Å². The number of anilines is 2. The molecule has 1 heterocycles. The van der Waals surface area contributed by atoms with Gasteiger partial charge in [-0.1, -0.05) is 42.8 Å². The highest BCUT2D eigenvalue weighted by Gasteiger charge is 2.16. The number of nitrogens with zero attached hydrogens (tertiary/aromatic N) is 1. The largest absolute Gasteiger partial charge is 0.507 e. The molecule has 0 spiro atoms. The second-order valence-corrected chi connectivity index (χ2v) is 9.66. The maximum atomic E-state index is 11.1. The number of fused-ring (bicyclic) bond motifs is 1. The molecule has 172 valence electrons. The smallest absolute Gasteiger partial charge is 0.128 e. The number of phenolic OH excluding ortho intramolecular Hbond substituents is 1. The third-order valence-electron chi connectivity index (χ3n) is 5.14. The van der Waals surface area contributed by atoms with Crippen LogP contribution in [-0.4, -0.2) is 15.6 Å². The van der Waals surface area contributed by atoms with Crippen LogP contribution in [-0.2, 0) is 6.54 Å². The van der Waals surface area contributed by atoms with Gasteiger partial charge in [-0.3, -0.25) is 4.98 Å². The molecule has 0 aliphatic rings. The Hall–Kier alpha value is -2.79. The summed E-state index contributed by atoms with van der Waals surface area (Å²) >= 11 is 12.2. The topological polar surface area (TPSA) is 57.2 Å². The fourth-order valence-electron chi connectivity index (χ4n) is 3.50. The summed E-state index contributed by atoms with van der Waals surface area (Å²) in [6, 6.07) is 19.0. The van der Waals surface area contributed by atoms with E-state index in [0.29, 0.717) is 16.6 Å². The van der Waals surface area contributed by atoms with Crippen LogP contribution in [0.5, 0.6) is 5.75 Å². The molecular formula is C27H29Cl2N3O. The van der Waals surface area contributed by atoms with Gasteiger partial charge in [-0.25, -0.2) is 0 Å². The first-order valence-corrected chi connectivity index (χ1v) is 11.1. The van der Waals surface area contributed by atoms with Crippen LogP contribution in [0.3, 0.4) is 0 Å². The summed E-state index contributed by atoms with van der Waals surface area (Å²) in [7, 11) is 0. The van der Waals surface area contributed by atoms with Crippen molar-refractivity contribution in [1.82, 2.24) is 10.3 Å². The molecule has 6 heteroatoms. The molecule has 3 aromatic carbocycles. The summed E-state index contributed by atoms with van der Waals surface area (Å²) in [6.07, 6.45) is 1.75. The van der Waals surface area contributed by atoms with Gasteiger partial charge in [-0.15, -0.1) is 0 Å². The Kier molecular flexibility index (Phi) is 7.53. The summed E-state index contributed by atoms with van der Waals surface area (Å²) in [5.74, 6) is 0.251. The van der Waals surface area contributed by atoms with Crippen molar-refractivity contribution in [3.8, 4) is 16.9 Å². The number of aromatic hydroxyl groups is 1. The minimum Gasteiger partial charge on any atom is -0.507 e. The Morgan fingerprint density at radius 3 is 2.30 bits per heavy atom. The fourth-order valence-corrected chi connectivity index (χ4v) is 3.79. The van der Waals surface area contributed by atoms with E-state index in [1.54, 1.807) is 6.20 Å². The molecule has 0 unspecified atom stereocenters. The number of hydrogen-bond acceptors (Lipinski definition) is 4.